The van der Waals surface area contributed by atoms with E-state index in [4.69, 9.17) is 0 Å². The summed E-state index contributed by atoms with van der Waals surface area (Å²) in [5.74, 6) is -1.32. The minimum atomic E-state index is -0.734. The van der Waals surface area contributed by atoms with E-state index in [2.05, 4.69) is 5.32 Å². The topological polar surface area (TPSA) is 95.6 Å². The fourth-order valence-electron chi connectivity index (χ4n) is 1.71. The number of halogens is 1. The van der Waals surface area contributed by atoms with Gasteiger partial charge in [0.1, 0.15) is 5.69 Å². The van der Waals surface area contributed by atoms with E-state index in [0.717, 1.165) is 6.07 Å². The molecule has 0 heterocycles. The van der Waals surface area contributed by atoms with Gasteiger partial charge in [0.05, 0.1) is 4.92 Å². The van der Waals surface area contributed by atoms with Crippen LogP contribution in [0.5, 0.6) is 11.5 Å². The average Bonchev–Trinajstić information content (AvgIpc) is 2.40. The lowest BCUT2D eigenvalue weighted by molar-refractivity contribution is -0.384. The van der Waals surface area contributed by atoms with Gasteiger partial charge < -0.3 is 15.5 Å². The molecule has 0 saturated heterocycles. The molecule has 0 atom stereocenters. The van der Waals surface area contributed by atoms with E-state index in [-0.39, 0.29) is 29.4 Å². The van der Waals surface area contributed by atoms with Gasteiger partial charge in [-0.25, -0.2) is 4.39 Å². The third-order valence-corrected chi connectivity index (χ3v) is 2.70. The van der Waals surface area contributed by atoms with Crippen molar-refractivity contribution in [2.75, 3.05) is 5.32 Å². The third kappa shape index (κ3) is 2.77. The molecule has 0 saturated carbocycles. The van der Waals surface area contributed by atoms with Crippen LogP contribution in [0.4, 0.5) is 15.8 Å². The van der Waals surface area contributed by atoms with Crippen LogP contribution in [0.1, 0.15) is 5.56 Å². The lowest BCUT2D eigenvalue weighted by Crippen LogP contribution is -2.04. The number of rotatable bonds is 4. The number of nitro groups is 1. The van der Waals surface area contributed by atoms with Crippen LogP contribution in [0, 0.1) is 15.9 Å². The molecule has 6 nitrogen and oxygen atoms in total. The second kappa shape index (κ2) is 5.43. The summed E-state index contributed by atoms with van der Waals surface area (Å²) < 4.78 is 13.6. The summed E-state index contributed by atoms with van der Waals surface area (Å²) >= 11 is 0. The molecule has 0 aromatic heterocycles. The lowest BCUT2D eigenvalue weighted by atomic mass is 10.2. The quantitative estimate of drug-likeness (QED) is 0.454. The Morgan fingerprint density at radius 3 is 2.60 bits per heavy atom. The van der Waals surface area contributed by atoms with Crippen LogP contribution >= 0.6 is 0 Å². The van der Waals surface area contributed by atoms with Crippen molar-refractivity contribution in [2.24, 2.45) is 0 Å². The molecule has 0 aliphatic rings. The molecule has 0 amide bonds. The second-order valence-electron chi connectivity index (χ2n) is 4.07. The van der Waals surface area contributed by atoms with Gasteiger partial charge in [-0.2, -0.15) is 0 Å². The van der Waals surface area contributed by atoms with E-state index < -0.39 is 10.7 Å². The summed E-state index contributed by atoms with van der Waals surface area (Å²) in [5, 5.41) is 31.9. The van der Waals surface area contributed by atoms with Gasteiger partial charge in [-0.15, -0.1) is 0 Å². The highest BCUT2D eigenvalue weighted by Gasteiger charge is 2.17. The number of phenolic OH excluding ortho intramolecular Hbond substituents is 2. The van der Waals surface area contributed by atoms with Crippen molar-refractivity contribution in [3.05, 3.63) is 57.9 Å². The summed E-state index contributed by atoms with van der Waals surface area (Å²) in [6, 6.07) is 7.64. The molecule has 0 spiro atoms. The largest absolute Gasteiger partial charge is 0.504 e. The number of aromatic hydroxyl groups is 2. The Kier molecular flexibility index (Phi) is 3.69. The molecule has 20 heavy (non-hydrogen) atoms. The first-order valence-corrected chi connectivity index (χ1v) is 5.66. The monoisotopic (exact) mass is 278 g/mol. The van der Waals surface area contributed by atoms with E-state index in [1.54, 1.807) is 0 Å². The molecule has 104 valence electrons. The van der Waals surface area contributed by atoms with Crippen LogP contribution in [0.3, 0.4) is 0 Å². The fraction of sp³-hybridized carbons (Fsp3) is 0.0769. The molecule has 0 unspecified atom stereocenters. The number of nitrogens with zero attached hydrogens (tertiary/aromatic N) is 1. The van der Waals surface area contributed by atoms with Gasteiger partial charge in [0.2, 0.25) is 0 Å². The molecule has 2 aromatic rings. The third-order valence-electron chi connectivity index (χ3n) is 2.70. The van der Waals surface area contributed by atoms with Crippen molar-refractivity contribution in [3.8, 4) is 11.5 Å². The van der Waals surface area contributed by atoms with E-state index in [1.807, 2.05) is 0 Å². The van der Waals surface area contributed by atoms with Crippen LogP contribution in [0.25, 0.3) is 0 Å². The Bertz CT molecular complexity index is 661. The molecular formula is C13H11FN2O4. The molecule has 3 N–H and O–H groups in total. The molecular weight excluding hydrogens is 267 g/mol. The lowest BCUT2D eigenvalue weighted by Gasteiger charge is -2.09. The number of para-hydroxylation sites is 1. The van der Waals surface area contributed by atoms with Gasteiger partial charge in [-0.1, -0.05) is 12.1 Å². The average molecular weight is 278 g/mol. The number of benzene rings is 2. The number of anilines is 1. The normalized spacial score (nSPS) is 10.2. The molecule has 0 aliphatic carbocycles. The predicted octanol–water partition coefficient (Wildman–Crippen LogP) is 2.76. The zero-order chi connectivity index (χ0) is 14.7. The van der Waals surface area contributed by atoms with Gasteiger partial charge in [0, 0.05) is 12.6 Å². The van der Waals surface area contributed by atoms with Crippen LogP contribution in [0.2, 0.25) is 0 Å². The molecule has 2 rings (SSSR count). The molecule has 0 fully saturated rings. The van der Waals surface area contributed by atoms with Crippen molar-refractivity contribution in [2.45, 2.75) is 6.54 Å². The SMILES string of the molecule is O=[N+]([O-])c1cccc(F)c1NCc1ccc(O)c(O)c1. The molecule has 7 heteroatoms. The Balaban J connectivity index is 2.22. The van der Waals surface area contributed by atoms with E-state index in [0.29, 0.717) is 5.56 Å². The van der Waals surface area contributed by atoms with Crippen LogP contribution in [0.15, 0.2) is 36.4 Å². The maximum atomic E-state index is 13.6. The molecule has 0 radical (unpaired) electrons. The van der Waals surface area contributed by atoms with Gasteiger partial charge >= 0.3 is 0 Å². The van der Waals surface area contributed by atoms with Crippen molar-refractivity contribution >= 4 is 11.4 Å². The summed E-state index contributed by atoms with van der Waals surface area (Å²) in [6.45, 7) is 0.0651. The van der Waals surface area contributed by atoms with Crippen LogP contribution < -0.4 is 5.32 Å². The molecule has 0 bridgehead atoms. The number of phenols is 2. The van der Waals surface area contributed by atoms with E-state index in [1.165, 1.54) is 30.3 Å². The Morgan fingerprint density at radius 1 is 1.20 bits per heavy atom. The highest BCUT2D eigenvalue weighted by atomic mass is 19.1. The van der Waals surface area contributed by atoms with Crippen LogP contribution in [-0.4, -0.2) is 15.1 Å². The first-order valence-electron chi connectivity index (χ1n) is 5.66. The second-order valence-corrected chi connectivity index (χ2v) is 4.07. The highest BCUT2D eigenvalue weighted by molar-refractivity contribution is 5.62. The van der Waals surface area contributed by atoms with Crippen molar-refractivity contribution in [3.63, 3.8) is 0 Å². The predicted molar refractivity (Wildman–Crippen MR) is 70.2 cm³/mol. The minimum absolute atomic E-state index is 0.0651. The Hall–Kier alpha value is -2.83. The van der Waals surface area contributed by atoms with Crippen molar-refractivity contribution < 1.29 is 19.5 Å². The number of nitro benzene ring substituents is 1. The van der Waals surface area contributed by atoms with Gasteiger partial charge in [-0.3, -0.25) is 10.1 Å². The summed E-state index contributed by atoms with van der Waals surface area (Å²) in [6.07, 6.45) is 0. The van der Waals surface area contributed by atoms with Crippen LogP contribution in [-0.2, 0) is 6.54 Å². The van der Waals surface area contributed by atoms with E-state index >= 15 is 0 Å². The van der Waals surface area contributed by atoms with Gasteiger partial charge in [-0.05, 0) is 23.8 Å². The fourth-order valence-corrected chi connectivity index (χ4v) is 1.71. The zero-order valence-electron chi connectivity index (χ0n) is 10.2. The smallest absolute Gasteiger partial charge is 0.295 e. The minimum Gasteiger partial charge on any atom is -0.504 e. The Morgan fingerprint density at radius 2 is 1.95 bits per heavy atom. The summed E-state index contributed by atoms with van der Waals surface area (Å²) in [7, 11) is 0. The number of hydrogen-bond acceptors (Lipinski definition) is 5. The van der Waals surface area contributed by atoms with Crippen molar-refractivity contribution in [1.82, 2.24) is 0 Å². The number of hydrogen-bond donors (Lipinski definition) is 3. The maximum absolute atomic E-state index is 13.6. The Labute approximate surface area is 113 Å². The zero-order valence-corrected chi connectivity index (χ0v) is 10.2. The standard InChI is InChI=1S/C13H11FN2O4/c14-9-2-1-3-10(16(19)20)13(9)15-7-8-4-5-11(17)12(18)6-8/h1-6,15,17-18H,7H2. The van der Waals surface area contributed by atoms with Crippen molar-refractivity contribution in [1.29, 1.82) is 0 Å². The molecule has 0 aliphatic heterocycles. The molecule has 2 aromatic carbocycles. The highest BCUT2D eigenvalue weighted by Crippen LogP contribution is 2.29. The maximum Gasteiger partial charge on any atom is 0.295 e. The summed E-state index contributed by atoms with van der Waals surface area (Å²) in [4.78, 5) is 10.1. The summed E-state index contributed by atoms with van der Waals surface area (Å²) in [5.41, 5.74) is -0.0454. The number of nitrogens with one attached hydrogen (secondary N) is 1. The van der Waals surface area contributed by atoms with Gasteiger partial charge in [0.15, 0.2) is 17.3 Å². The van der Waals surface area contributed by atoms with Gasteiger partial charge in [0.25, 0.3) is 5.69 Å². The first-order chi connectivity index (χ1) is 9.49. The first kappa shape index (κ1) is 13.6. The van der Waals surface area contributed by atoms with E-state index in [9.17, 15) is 24.7 Å².